The van der Waals surface area contributed by atoms with Gasteiger partial charge in [-0.25, -0.2) is 4.79 Å². The number of nitrogens with one attached hydrogen (secondary N) is 1. The van der Waals surface area contributed by atoms with Gasteiger partial charge < -0.3 is 10.2 Å². The van der Waals surface area contributed by atoms with Crippen molar-refractivity contribution in [3.8, 4) is 0 Å². The molecule has 2 fully saturated rings. The van der Waals surface area contributed by atoms with Gasteiger partial charge >= 0.3 is 16.4 Å². The number of nitrogens with zero attached hydrogens (tertiary/aromatic N) is 2. The number of hydrogen-bond donors (Lipinski definition) is 2. The van der Waals surface area contributed by atoms with E-state index in [1.165, 1.54) is 4.90 Å². The predicted molar refractivity (Wildman–Crippen MR) is 81.7 cm³/mol. The fourth-order valence-corrected chi connectivity index (χ4v) is 3.40. The highest BCUT2D eigenvalue weighted by Crippen LogP contribution is 2.30. The summed E-state index contributed by atoms with van der Waals surface area (Å²) in [5, 5.41) is 3.40. The van der Waals surface area contributed by atoms with Crippen LogP contribution in [0.1, 0.15) is 18.4 Å². The molecule has 1 unspecified atom stereocenters. The molecule has 130 valence electrons. The van der Waals surface area contributed by atoms with E-state index in [-0.39, 0.29) is 12.5 Å². The summed E-state index contributed by atoms with van der Waals surface area (Å²) in [4.78, 5) is 25.9. The van der Waals surface area contributed by atoms with Crippen molar-refractivity contribution in [1.82, 2.24) is 15.3 Å². The van der Waals surface area contributed by atoms with Gasteiger partial charge in [-0.2, -0.15) is 13.5 Å². The molecule has 0 saturated carbocycles. The van der Waals surface area contributed by atoms with Gasteiger partial charge in [-0.15, -0.1) is 4.28 Å². The average Bonchev–Trinajstić information content (AvgIpc) is 2.77. The molecule has 9 nitrogen and oxygen atoms in total. The molecule has 2 aliphatic heterocycles. The molecule has 10 heteroatoms. The number of benzene rings is 1. The minimum atomic E-state index is -4.79. The highest BCUT2D eigenvalue weighted by atomic mass is 32.3. The molecule has 2 aliphatic rings. The molecular weight excluding hydrogens is 338 g/mol. The third-order valence-electron chi connectivity index (χ3n) is 4.11. The van der Waals surface area contributed by atoms with Crippen LogP contribution in [0, 0.1) is 0 Å². The zero-order chi connectivity index (χ0) is 17.3. The fraction of sp³-hybridized carbons (Fsp3) is 0.429. The van der Waals surface area contributed by atoms with Crippen molar-refractivity contribution in [3.63, 3.8) is 0 Å². The van der Waals surface area contributed by atoms with E-state index >= 15 is 0 Å². The van der Waals surface area contributed by atoms with Crippen LogP contribution in [0.15, 0.2) is 30.3 Å². The van der Waals surface area contributed by atoms with Gasteiger partial charge in [0.15, 0.2) is 0 Å². The molecule has 0 spiro atoms. The zero-order valence-electron chi connectivity index (χ0n) is 12.7. The molecule has 1 aromatic rings. The number of piperidine rings is 1. The van der Waals surface area contributed by atoms with E-state index in [4.69, 9.17) is 4.55 Å². The maximum absolute atomic E-state index is 12.4. The number of urea groups is 1. The zero-order valence-corrected chi connectivity index (χ0v) is 13.5. The van der Waals surface area contributed by atoms with Gasteiger partial charge in [0.25, 0.3) is 0 Å². The van der Waals surface area contributed by atoms with Gasteiger partial charge in [-0.1, -0.05) is 30.3 Å². The van der Waals surface area contributed by atoms with Crippen LogP contribution in [0.4, 0.5) is 4.79 Å². The lowest BCUT2D eigenvalue weighted by Crippen LogP contribution is -2.49. The van der Waals surface area contributed by atoms with Crippen molar-refractivity contribution in [1.29, 1.82) is 0 Å². The largest absolute Gasteiger partial charge is 0.418 e. The molecule has 1 aromatic carbocycles. The van der Waals surface area contributed by atoms with E-state index in [0.717, 1.165) is 5.56 Å². The average molecular weight is 355 g/mol. The molecule has 0 aliphatic carbocycles. The van der Waals surface area contributed by atoms with E-state index in [1.54, 1.807) is 0 Å². The van der Waals surface area contributed by atoms with Crippen molar-refractivity contribution in [2.45, 2.75) is 31.5 Å². The third-order valence-corrected chi connectivity index (χ3v) is 4.46. The van der Waals surface area contributed by atoms with E-state index < -0.39 is 28.5 Å². The first kappa shape index (κ1) is 16.7. The number of hydroxylamine groups is 2. The second kappa shape index (κ2) is 6.38. The molecule has 3 amide bonds. The molecule has 24 heavy (non-hydrogen) atoms. The summed E-state index contributed by atoms with van der Waals surface area (Å²) >= 11 is 0. The van der Waals surface area contributed by atoms with Crippen molar-refractivity contribution in [2.24, 2.45) is 0 Å². The molecule has 2 N–H and O–H groups in total. The monoisotopic (exact) mass is 355 g/mol. The van der Waals surface area contributed by atoms with E-state index in [9.17, 15) is 18.0 Å². The summed E-state index contributed by atoms with van der Waals surface area (Å²) < 4.78 is 34.8. The fourth-order valence-electron chi connectivity index (χ4n) is 3.01. The molecule has 2 atom stereocenters. The Morgan fingerprint density at radius 3 is 2.67 bits per heavy atom. The van der Waals surface area contributed by atoms with Crippen molar-refractivity contribution in [3.05, 3.63) is 35.9 Å². The topological polar surface area (TPSA) is 116 Å². The van der Waals surface area contributed by atoms with Crippen LogP contribution in [-0.2, 0) is 26.0 Å². The van der Waals surface area contributed by atoms with Gasteiger partial charge in [0.1, 0.15) is 6.04 Å². The first-order valence-electron chi connectivity index (χ1n) is 7.43. The van der Waals surface area contributed by atoms with Crippen molar-refractivity contribution in [2.75, 3.05) is 6.54 Å². The molecule has 0 radical (unpaired) electrons. The lowest BCUT2D eigenvalue weighted by Gasteiger charge is -2.29. The van der Waals surface area contributed by atoms with Crippen LogP contribution in [0.5, 0.6) is 0 Å². The SMILES string of the molecule is O=C(NCc1ccccc1)C1CC[C@@H]2CN1C(=O)N2OS(=O)(=O)O. The molecule has 2 heterocycles. The maximum atomic E-state index is 12.4. The standard InChI is InChI=1S/C14H17N3O6S/c18-13(15-8-10-4-2-1-3-5-10)12-7-6-11-9-16(12)14(19)17(11)23-24(20,21)22/h1-5,11-12H,6-9H2,(H,15,18)(H,20,21,22)/t11-,12?/m1/s1. The van der Waals surface area contributed by atoms with Crippen molar-refractivity contribution >= 4 is 22.3 Å². The second-order valence-corrected chi connectivity index (χ2v) is 6.72. The first-order valence-corrected chi connectivity index (χ1v) is 8.80. The van der Waals surface area contributed by atoms with Crippen LogP contribution in [0.25, 0.3) is 0 Å². The Morgan fingerprint density at radius 1 is 1.29 bits per heavy atom. The van der Waals surface area contributed by atoms with Crippen LogP contribution in [0.2, 0.25) is 0 Å². The normalized spacial score (nSPS) is 23.5. The first-order chi connectivity index (χ1) is 11.3. The van der Waals surface area contributed by atoms with Gasteiger partial charge in [0.05, 0.1) is 6.04 Å². The van der Waals surface area contributed by atoms with E-state index in [0.29, 0.717) is 24.4 Å². The highest BCUT2D eigenvalue weighted by Gasteiger charge is 2.49. The van der Waals surface area contributed by atoms with E-state index in [2.05, 4.69) is 9.60 Å². The Hall–Kier alpha value is -2.17. The van der Waals surface area contributed by atoms with Crippen LogP contribution >= 0.6 is 0 Å². The quantitative estimate of drug-likeness (QED) is 0.734. The molecule has 3 rings (SSSR count). The summed E-state index contributed by atoms with van der Waals surface area (Å²) in [6.45, 7) is 0.518. The third kappa shape index (κ3) is 3.50. The number of carbonyl (C=O) groups is 2. The number of rotatable bonds is 5. The van der Waals surface area contributed by atoms with Gasteiger partial charge in [0.2, 0.25) is 5.91 Å². The van der Waals surface area contributed by atoms with Crippen LogP contribution in [0.3, 0.4) is 0 Å². The Balaban J connectivity index is 1.64. The Bertz CT molecular complexity index is 738. The molecular formula is C14H17N3O6S. The van der Waals surface area contributed by atoms with Crippen molar-refractivity contribution < 1.29 is 26.8 Å². The summed E-state index contributed by atoms with van der Waals surface area (Å²) in [6.07, 6.45) is 0.795. The molecule has 0 aromatic heterocycles. The summed E-state index contributed by atoms with van der Waals surface area (Å²) in [6, 6.07) is 7.42. The number of hydrogen-bond acceptors (Lipinski definition) is 5. The lowest BCUT2D eigenvalue weighted by molar-refractivity contribution is -0.126. The maximum Gasteiger partial charge on any atom is 0.418 e. The van der Waals surface area contributed by atoms with Crippen LogP contribution < -0.4 is 5.32 Å². The molecule has 2 saturated heterocycles. The minimum Gasteiger partial charge on any atom is -0.350 e. The predicted octanol–water partition coefficient (Wildman–Crippen LogP) is 0.306. The lowest BCUT2D eigenvalue weighted by atomic mass is 10.0. The smallest absolute Gasteiger partial charge is 0.350 e. The highest BCUT2D eigenvalue weighted by molar-refractivity contribution is 7.80. The Morgan fingerprint density at radius 2 is 2.00 bits per heavy atom. The van der Waals surface area contributed by atoms with Gasteiger partial charge in [-0.3, -0.25) is 9.35 Å². The van der Waals surface area contributed by atoms with Crippen LogP contribution in [-0.4, -0.2) is 53.5 Å². The number of amides is 3. The molecule has 2 bridgehead atoms. The Kier molecular flexibility index (Phi) is 4.43. The number of carbonyl (C=O) groups excluding carboxylic acids is 2. The van der Waals surface area contributed by atoms with Gasteiger partial charge in [0, 0.05) is 13.1 Å². The minimum absolute atomic E-state index is 0.178. The number of fused-ring (bicyclic) bond motifs is 2. The summed E-state index contributed by atoms with van der Waals surface area (Å²) in [5.74, 6) is -0.306. The summed E-state index contributed by atoms with van der Waals surface area (Å²) in [7, 11) is -4.79. The Labute approximate surface area is 139 Å². The van der Waals surface area contributed by atoms with Gasteiger partial charge in [-0.05, 0) is 18.4 Å². The van der Waals surface area contributed by atoms with E-state index in [1.807, 2.05) is 30.3 Å². The second-order valence-electron chi connectivity index (χ2n) is 5.71. The summed E-state index contributed by atoms with van der Waals surface area (Å²) in [5.41, 5.74) is 0.934.